The first-order valence-corrected chi connectivity index (χ1v) is 7.88. The normalized spacial score (nSPS) is 10.5. The van der Waals surface area contributed by atoms with Gasteiger partial charge in [0.2, 0.25) is 0 Å². The number of hydrogen-bond donors (Lipinski definition) is 1. The number of nitrogens with one attached hydrogen (secondary N) is 1. The Balaban J connectivity index is 1.72. The average molecular weight is 311 g/mol. The third-order valence-corrected chi connectivity index (χ3v) is 4.11. The van der Waals surface area contributed by atoms with Crippen molar-refractivity contribution in [2.45, 2.75) is 13.3 Å². The van der Waals surface area contributed by atoms with E-state index in [-0.39, 0.29) is 0 Å². The number of ether oxygens (including phenoxy) is 1. The fourth-order valence-electron chi connectivity index (χ4n) is 2.15. The maximum Gasteiger partial charge on any atom is 0.188 e. The number of nitrogens with zero attached hydrogens (tertiary/aromatic N) is 2. The van der Waals surface area contributed by atoms with Gasteiger partial charge in [0, 0.05) is 18.0 Å². The van der Waals surface area contributed by atoms with Gasteiger partial charge in [0.25, 0.3) is 0 Å². The number of aromatic nitrogens is 2. The van der Waals surface area contributed by atoms with Crippen LogP contribution in [-0.2, 0) is 6.42 Å². The van der Waals surface area contributed by atoms with Crippen molar-refractivity contribution in [3.05, 3.63) is 64.8 Å². The molecular weight excluding hydrogens is 294 g/mol. The number of anilines is 2. The number of aryl methyl sites for hydroxylation is 1. The van der Waals surface area contributed by atoms with Crippen LogP contribution < -0.4 is 10.1 Å². The summed E-state index contributed by atoms with van der Waals surface area (Å²) in [5.41, 5.74) is 3.33. The van der Waals surface area contributed by atoms with Gasteiger partial charge in [0.05, 0.1) is 12.8 Å². The van der Waals surface area contributed by atoms with Crippen LogP contribution in [0.15, 0.2) is 48.0 Å². The molecule has 0 saturated carbocycles. The quantitative estimate of drug-likeness (QED) is 0.767. The monoisotopic (exact) mass is 311 g/mol. The van der Waals surface area contributed by atoms with Gasteiger partial charge >= 0.3 is 0 Å². The Morgan fingerprint density at radius 3 is 2.95 bits per heavy atom. The van der Waals surface area contributed by atoms with Crippen LogP contribution in [0, 0.1) is 6.92 Å². The Labute approximate surface area is 133 Å². The van der Waals surface area contributed by atoms with E-state index in [4.69, 9.17) is 4.74 Å². The smallest absolute Gasteiger partial charge is 0.188 e. The molecule has 0 saturated heterocycles. The number of thiazole rings is 1. The van der Waals surface area contributed by atoms with Gasteiger partial charge < -0.3 is 10.1 Å². The lowest BCUT2D eigenvalue weighted by Gasteiger charge is -2.04. The Morgan fingerprint density at radius 2 is 2.14 bits per heavy atom. The Kier molecular flexibility index (Phi) is 4.34. The van der Waals surface area contributed by atoms with E-state index >= 15 is 0 Å². The molecule has 0 atom stereocenters. The zero-order chi connectivity index (χ0) is 15.4. The van der Waals surface area contributed by atoms with E-state index < -0.39 is 0 Å². The molecule has 0 fully saturated rings. The first kappa shape index (κ1) is 14.5. The van der Waals surface area contributed by atoms with Gasteiger partial charge in [-0.25, -0.2) is 9.97 Å². The van der Waals surface area contributed by atoms with Crippen molar-refractivity contribution in [2.75, 3.05) is 12.4 Å². The van der Waals surface area contributed by atoms with Crippen LogP contribution in [0.2, 0.25) is 0 Å². The molecule has 2 heterocycles. The van der Waals surface area contributed by atoms with Crippen molar-refractivity contribution in [3.8, 4) is 5.75 Å². The topological polar surface area (TPSA) is 47.0 Å². The number of methoxy groups -OCH3 is 1. The second-order valence-electron chi connectivity index (χ2n) is 4.97. The Morgan fingerprint density at radius 1 is 1.23 bits per heavy atom. The minimum Gasteiger partial charge on any atom is -0.497 e. The molecule has 0 aliphatic carbocycles. The van der Waals surface area contributed by atoms with Gasteiger partial charge in [-0.05, 0) is 36.2 Å². The summed E-state index contributed by atoms with van der Waals surface area (Å²) in [5.74, 6) is 1.72. The summed E-state index contributed by atoms with van der Waals surface area (Å²) in [5, 5.41) is 6.20. The largest absolute Gasteiger partial charge is 0.497 e. The standard InChI is InChI=1S/C17H17N3OS/c1-12-5-4-8-18-16(12)20-17-19-14(11-22-17)9-13-6-3-7-15(10-13)21-2/h3-8,10-11H,9H2,1-2H3,(H,18,19,20). The van der Waals surface area contributed by atoms with Crippen molar-refractivity contribution in [3.63, 3.8) is 0 Å². The van der Waals surface area contributed by atoms with Crippen molar-refractivity contribution < 1.29 is 4.74 Å². The molecule has 0 aliphatic heterocycles. The minimum absolute atomic E-state index is 0.788. The second-order valence-corrected chi connectivity index (χ2v) is 5.82. The number of rotatable bonds is 5. The molecule has 0 amide bonds. The van der Waals surface area contributed by atoms with Crippen molar-refractivity contribution in [1.82, 2.24) is 9.97 Å². The predicted molar refractivity (Wildman–Crippen MR) is 90.2 cm³/mol. The lowest BCUT2D eigenvalue weighted by Crippen LogP contribution is -1.96. The van der Waals surface area contributed by atoms with E-state index in [1.54, 1.807) is 24.6 Å². The summed E-state index contributed by atoms with van der Waals surface area (Å²) in [6.45, 7) is 2.03. The lowest BCUT2D eigenvalue weighted by molar-refractivity contribution is 0.414. The van der Waals surface area contributed by atoms with E-state index in [1.807, 2.05) is 37.3 Å². The van der Waals surface area contributed by atoms with Crippen LogP contribution in [-0.4, -0.2) is 17.1 Å². The molecule has 3 rings (SSSR count). The van der Waals surface area contributed by atoms with Crippen molar-refractivity contribution in [2.24, 2.45) is 0 Å². The SMILES string of the molecule is COc1cccc(Cc2csc(Nc3ncccc3C)n2)c1. The molecule has 0 spiro atoms. The summed E-state index contributed by atoms with van der Waals surface area (Å²) in [6.07, 6.45) is 2.57. The highest BCUT2D eigenvalue weighted by atomic mass is 32.1. The van der Waals surface area contributed by atoms with Crippen LogP contribution in [0.5, 0.6) is 5.75 Å². The second kappa shape index (κ2) is 6.58. The zero-order valence-electron chi connectivity index (χ0n) is 12.5. The fraction of sp³-hybridized carbons (Fsp3) is 0.176. The molecule has 4 nitrogen and oxygen atoms in total. The highest BCUT2D eigenvalue weighted by Gasteiger charge is 2.06. The van der Waals surface area contributed by atoms with Gasteiger partial charge in [-0.15, -0.1) is 11.3 Å². The van der Waals surface area contributed by atoms with Gasteiger partial charge in [-0.3, -0.25) is 0 Å². The van der Waals surface area contributed by atoms with Gasteiger partial charge in [-0.1, -0.05) is 18.2 Å². The highest BCUT2D eigenvalue weighted by Crippen LogP contribution is 2.23. The summed E-state index contributed by atoms with van der Waals surface area (Å²) in [7, 11) is 1.68. The fourth-order valence-corrected chi connectivity index (χ4v) is 2.86. The number of pyridine rings is 1. The first-order valence-electron chi connectivity index (χ1n) is 7.00. The number of hydrogen-bond acceptors (Lipinski definition) is 5. The van der Waals surface area contributed by atoms with Crippen LogP contribution in [0.4, 0.5) is 10.9 Å². The Hall–Kier alpha value is -2.40. The van der Waals surface area contributed by atoms with Crippen molar-refractivity contribution >= 4 is 22.3 Å². The lowest BCUT2D eigenvalue weighted by atomic mass is 10.1. The molecule has 2 aromatic heterocycles. The van der Waals surface area contributed by atoms with E-state index in [2.05, 4.69) is 26.7 Å². The zero-order valence-corrected chi connectivity index (χ0v) is 13.4. The molecular formula is C17H17N3OS. The molecule has 22 heavy (non-hydrogen) atoms. The predicted octanol–water partition coefficient (Wildman–Crippen LogP) is 4.19. The molecule has 1 aromatic carbocycles. The molecule has 1 N–H and O–H groups in total. The number of benzene rings is 1. The van der Waals surface area contributed by atoms with Gasteiger partial charge in [0.1, 0.15) is 11.6 Å². The summed E-state index contributed by atoms with van der Waals surface area (Å²) < 4.78 is 5.25. The maximum atomic E-state index is 5.25. The molecule has 112 valence electrons. The summed E-state index contributed by atoms with van der Waals surface area (Å²) in [6, 6.07) is 12.0. The van der Waals surface area contributed by atoms with Crippen LogP contribution in [0.1, 0.15) is 16.8 Å². The molecule has 0 bridgehead atoms. The molecule has 5 heteroatoms. The summed E-state index contributed by atoms with van der Waals surface area (Å²) >= 11 is 1.59. The van der Waals surface area contributed by atoms with Gasteiger partial charge in [-0.2, -0.15) is 0 Å². The van der Waals surface area contributed by atoms with Crippen molar-refractivity contribution in [1.29, 1.82) is 0 Å². The third kappa shape index (κ3) is 3.43. The molecule has 0 radical (unpaired) electrons. The molecule has 3 aromatic rings. The van der Waals surface area contributed by atoms with Crippen LogP contribution >= 0.6 is 11.3 Å². The van der Waals surface area contributed by atoms with E-state index in [0.29, 0.717) is 0 Å². The van der Waals surface area contributed by atoms with E-state index in [1.165, 1.54) is 5.56 Å². The first-order chi connectivity index (χ1) is 10.7. The van der Waals surface area contributed by atoms with Crippen LogP contribution in [0.25, 0.3) is 0 Å². The van der Waals surface area contributed by atoms with Gasteiger partial charge in [0.15, 0.2) is 5.13 Å². The van der Waals surface area contributed by atoms with E-state index in [9.17, 15) is 0 Å². The van der Waals surface area contributed by atoms with Crippen LogP contribution in [0.3, 0.4) is 0 Å². The Bertz CT molecular complexity index is 770. The highest BCUT2D eigenvalue weighted by molar-refractivity contribution is 7.13. The van der Waals surface area contributed by atoms with E-state index in [0.717, 1.165) is 34.4 Å². The maximum absolute atomic E-state index is 5.25. The third-order valence-electron chi connectivity index (χ3n) is 3.31. The summed E-state index contributed by atoms with van der Waals surface area (Å²) in [4.78, 5) is 8.95. The molecule has 0 aliphatic rings. The molecule has 0 unspecified atom stereocenters. The minimum atomic E-state index is 0.788. The average Bonchev–Trinajstić information content (AvgIpc) is 2.97.